The lowest BCUT2D eigenvalue weighted by atomic mass is 10.1. The molecule has 0 saturated carbocycles. The zero-order valence-corrected chi connectivity index (χ0v) is 13.8. The molecule has 0 fully saturated rings. The van der Waals surface area contributed by atoms with E-state index in [2.05, 4.69) is 15.3 Å². The van der Waals surface area contributed by atoms with E-state index in [-0.39, 0.29) is 5.69 Å². The summed E-state index contributed by atoms with van der Waals surface area (Å²) in [5.74, 6) is 0.104. The van der Waals surface area contributed by atoms with E-state index in [1.165, 1.54) is 6.07 Å². The van der Waals surface area contributed by atoms with Gasteiger partial charge in [0.1, 0.15) is 11.4 Å². The minimum Gasteiger partial charge on any atom is -0.497 e. The van der Waals surface area contributed by atoms with Gasteiger partial charge in [-0.3, -0.25) is 4.79 Å². The Labute approximate surface area is 148 Å². The van der Waals surface area contributed by atoms with Crippen LogP contribution in [0.25, 0.3) is 11.3 Å². The molecule has 128 valence electrons. The van der Waals surface area contributed by atoms with E-state index in [0.29, 0.717) is 28.3 Å². The van der Waals surface area contributed by atoms with Gasteiger partial charge in [-0.05, 0) is 36.4 Å². The van der Waals surface area contributed by atoms with Crippen molar-refractivity contribution in [3.05, 3.63) is 76.3 Å². The van der Waals surface area contributed by atoms with Crippen LogP contribution in [0.15, 0.2) is 59.4 Å². The van der Waals surface area contributed by atoms with E-state index >= 15 is 0 Å². The normalized spacial score (nSPS) is 10.0. The number of anilines is 1. The van der Waals surface area contributed by atoms with Crippen LogP contribution in [0, 0.1) is 11.3 Å². The number of hydrogen-bond donors (Lipinski definition) is 2. The van der Waals surface area contributed by atoms with Crippen LogP contribution < -0.4 is 15.7 Å². The summed E-state index contributed by atoms with van der Waals surface area (Å²) < 4.78 is 5.17. The topological polar surface area (TPSA) is 108 Å². The first kappa shape index (κ1) is 16.9. The number of carbonyl (C=O) groups excluding carboxylic acids is 1. The summed E-state index contributed by atoms with van der Waals surface area (Å²) in [6.45, 7) is 0. The van der Waals surface area contributed by atoms with Gasteiger partial charge >= 0.3 is 5.69 Å². The summed E-state index contributed by atoms with van der Waals surface area (Å²) >= 11 is 0. The van der Waals surface area contributed by atoms with Gasteiger partial charge in [0.2, 0.25) is 0 Å². The molecule has 7 heteroatoms. The van der Waals surface area contributed by atoms with Crippen LogP contribution >= 0.6 is 0 Å². The zero-order chi connectivity index (χ0) is 18.5. The van der Waals surface area contributed by atoms with Crippen LogP contribution in [0.5, 0.6) is 5.75 Å². The van der Waals surface area contributed by atoms with Crippen molar-refractivity contribution < 1.29 is 9.53 Å². The number of hydrogen-bond acceptors (Lipinski definition) is 5. The number of nitrogens with zero attached hydrogens (tertiary/aromatic N) is 2. The van der Waals surface area contributed by atoms with Gasteiger partial charge in [-0.1, -0.05) is 18.2 Å². The largest absolute Gasteiger partial charge is 0.497 e. The molecule has 1 amide bonds. The van der Waals surface area contributed by atoms with Gasteiger partial charge in [0.05, 0.1) is 24.4 Å². The average molecular weight is 346 g/mol. The van der Waals surface area contributed by atoms with Crippen molar-refractivity contribution in [1.82, 2.24) is 9.97 Å². The molecule has 1 heterocycles. The monoisotopic (exact) mass is 346 g/mol. The molecule has 3 rings (SSSR count). The zero-order valence-electron chi connectivity index (χ0n) is 13.8. The smallest absolute Gasteiger partial charge is 0.346 e. The highest BCUT2D eigenvalue weighted by atomic mass is 16.5. The number of aromatic amines is 1. The fourth-order valence-corrected chi connectivity index (χ4v) is 2.38. The Morgan fingerprint density at radius 3 is 2.77 bits per heavy atom. The Balaban J connectivity index is 1.93. The molecule has 0 unspecified atom stereocenters. The van der Waals surface area contributed by atoms with E-state index < -0.39 is 11.6 Å². The maximum Gasteiger partial charge on any atom is 0.346 e. The highest BCUT2D eigenvalue weighted by Gasteiger charge is 2.12. The van der Waals surface area contributed by atoms with Crippen LogP contribution in [0.2, 0.25) is 0 Å². The Morgan fingerprint density at radius 1 is 1.19 bits per heavy atom. The quantitative estimate of drug-likeness (QED) is 0.755. The van der Waals surface area contributed by atoms with Crippen molar-refractivity contribution in [2.45, 2.75) is 0 Å². The van der Waals surface area contributed by atoms with Gasteiger partial charge in [-0.25, -0.2) is 4.79 Å². The first-order chi connectivity index (χ1) is 12.6. The number of methoxy groups -OCH3 is 1. The van der Waals surface area contributed by atoms with Crippen molar-refractivity contribution in [2.24, 2.45) is 0 Å². The van der Waals surface area contributed by atoms with E-state index in [1.54, 1.807) is 55.6 Å². The van der Waals surface area contributed by atoms with E-state index in [9.17, 15) is 9.59 Å². The fourth-order valence-electron chi connectivity index (χ4n) is 2.38. The molecular weight excluding hydrogens is 332 g/mol. The number of amides is 1. The van der Waals surface area contributed by atoms with E-state index in [0.717, 1.165) is 0 Å². The predicted octanol–water partition coefficient (Wildman–Crippen LogP) is 2.57. The predicted molar refractivity (Wildman–Crippen MR) is 96.0 cm³/mol. The molecule has 0 aliphatic carbocycles. The summed E-state index contributed by atoms with van der Waals surface area (Å²) in [7, 11) is 1.54. The van der Waals surface area contributed by atoms with Crippen molar-refractivity contribution in [2.75, 3.05) is 12.4 Å². The minimum absolute atomic E-state index is 0.0604. The van der Waals surface area contributed by atoms with Crippen LogP contribution in [0.3, 0.4) is 0 Å². The number of nitrogens with one attached hydrogen (secondary N) is 2. The van der Waals surface area contributed by atoms with Gasteiger partial charge in [0, 0.05) is 11.3 Å². The number of benzene rings is 2. The van der Waals surface area contributed by atoms with Gasteiger partial charge < -0.3 is 15.0 Å². The van der Waals surface area contributed by atoms with Crippen LogP contribution in [-0.2, 0) is 0 Å². The molecule has 2 N–H and O–H groups in total. The summed E-state index contributed by atoms with van der Waals surface area (Å²) in [6.07, 6.45) is 0. The molecule has 3 aromatic rings. The second-order valence-electron chi connectivity index (χ2n) is 5.36. The van der Waals surface area contributed by atoms with Crippen molar-refractivity contribution >= 4 is 11.6 Å². The van der Waals surface area contributed by atoms with Crippen molar-refractivity contribution in [3.8, 4) is 23.1 Å². The third-order valence-electron chi connectivity index (χ3n) is 3.60. The van der Waals surface area contributed by atoms with Crippen LogP contribution in [0.1, 0.15) is 16.1 Å². The van der Waals surface area contributed by atoms with Crippen LogP contribution in [0.4, 0.5) is 5.69 Å². The molecule has 0 atom stereocenters. The van der Waals surface area contributed by atoms with Crippen molar-refractivity contribution in [3.63, 3.8) is 0 Å². The molecule has 7 nitrogen and oxygen atoms in total. The number of carbonyl (C=O) groups is 1. The number of aromatic nitrogens is 2. The molecule has 1 aromatic heterocycles. The van der Waals surface area contributed by atoms with Crippen LogP contribution in [-0.4, -0.2) is 23.0 Å². The Kier molecular flexibility index (Phi) is 4.76. The molecule has 2 aromatic carbocycles. The SMILES string of the molecule is COc1cccc(-c2cc(C(=O)Nc3cccc(C#N)c3)[nH]c(=O)n2)c1. The van der Waals surface area contributed by atoms with Gasteiger partial charge in [0.15, 0.2) is 0 Å². The second kappa shape index (κ2) is 7.32. The highest BCUT2D eigenvalue weighted by molar-refractivity contribution is 6.03. The molecule has 0 saturated heterocycles. The lowest BCUT2D eigenvalue weighted by Crippen LogP contribution is -2.21. The lowest BCUT2D eigenvalue weighted by Gasteiger charge is -2.07. The number of H-pyrrole nitrogens is 1. The second-order valence-corrected chi connectivity index (χ2v) is 5.36. The minimum atomic E-state index is -0.638. The highest BCUT2D eigenvalue weighted by Crippen LogP contribution is 2.22. The van der Waals surface area contributed by atoms with Gasteiger partial charge in [-0.2, -0.15) is 10.2 Å². The maximum atomic E-state index is 12.5. The third kappa shape index (κ3) is 3.76. The molecule has 0 bridgehead atoms. The number of ether oxygens (including phenoxy) is 1. The standard InChI is InChI=1S/C19H14N4O3/c1-26-15-7-3-5-13(9-15)16-10-17(23-19(25)22-16)18(24)21-14-6-2-4-12(8-14)11-20/h2-10H,1H3,(H,21,24)(H,22,23,25). The molecular formula is C19H14N4O3. The van der Waals surface area contributed by atoms with E-state index in [4.69, 9.17) is 10.00 Å². The van der Waals surface area contributed by atoms with Gasteiger partial charge in [0.25, 0.3) is 5.91 Å². The maximum absolute atomic E-state index is 12.5. The van der Waals surface area contributed by atoms with Gasteiger partial charge in [-0.15, -0.1) is 0 Å². The molecule has 0 aliphatic heterocycles. The third-order valence-corrected chi connectivity index (χ3v) is 3.60. The summed E-state index contributed by atoms with van der Waals surface area (Å²) in [4.78, 5) is 30.7. The summed E-state index contributed by atoms with van der Waals surface area (Å²) in [5, 5.41) is 11.6. The average Bonchev–Trinajstić information content (AvgIpc) is 2.67. The lowest BCUT2D eigenvalue weighted by molar-refractivity contribution is 0.102. The number of nitriles is 1. The Morgan fingerprint density at radius 2 is 2.00 bits per heavy atom. The number of rotatable bonds is 4. The summed E-state index contributed by atoms with van der Waals surface area (Å²) in [6, 6.07) is 17.0. The van der Waals surface area contributed by atoms with E-state index in [1.807, 2.05) is 6.07 Å². The molecule has 0 radical (unpaired) electrons. The fraction of sp³-hybridized carbons (Fsp3) is 0.0526. The summed E-state index contributed by atoms with van der Waals surface area (Å²) in [5.41, 5.74) is 1.30. The Bertz CT molecular complexity index is 1070. The Hall–Kier alpha value is -3.92. The first-order valence-electron chi connectivity index (χ1n) is 7.66. The molecule has 26 heavy (non-hydrogen) atoms. The molecule has 0 aliphatic rings. The molecule has 0 spiro atoms. The first-order valence-corrected chi connectivity index (χ1v) is 7.66. The van der Waals surface area contributed by atoms with Crippen molar-refractivity contribution in [1.29, 1.82) is 5.26 Å².